The van der Waals surface area contributed by atoms with Crippen LogP contribution in [-0.4, -0.2) is 52.7 Å². The minimum Gasteiger partial charge on any atom is -0.493 e. The lowest BCUT2D eigenvalue weighted by molar-refractivity contribution is -0.0512. The second kappa shape index (κ2) is 8.37. The molecule has 0 radical (unpaired) electrons. The Hall–Kier alpha value is -2.97. The Morgan fingerprint density at radius 3 is 2.71 bits per heavy atom. The predicted molar refractivity (Wildman–Crippen MR) is 95.8 cm³/mol. The molecule has 1 saturated heterocycles. The molecular weight excluding hydrogens is 372 g/mol. The summed E-state index contributed by atoms with van der Waals surface area (Å²) >= 11 is 0. The highest BCUT2D eigenvalue weighted by atomic mass is 19.3. The van der Waals surface area contributed by atoms with E-state index in [4.69, 9.17) is 4.74 Å². The number of likely N-dealkylation sites (tertiary alicyclic amines) is 1. The molecule has 0 aliphatic carbocycles. The first-order valence-electron chi connectivity index (χ1n) is 8.84. The fraction of sp³-hybridized carbons (Fsp3) is 0.421. The number of nitrogens with zero attached hydrogens (tertiary/aromatic N) is 3. The summed E-state index contributed by atoms with van der Waals surface area (Å²) in [5.41, 5.74) is 0.705. The number of methoxy groups -OCH3 is 1. The highest BCUT2D eigenvalue weighted by Crippen LogP contribution is 2.31. The summed E-state index contributed by atoms with van der Waals surface area (Å²) in [7, 11) is 3.06. The molecule has 28 heavy (non-hydrogen) atoms. The van der Waals surface area contributed by atoms with Crippen molar-refractivity contribution < 1.29 is 27.8 Å². The zero-order valence-electron chi connectivity index (χ0n) is 15.6. The maximum absolute atomic E-state index is 12.9. The number of Topliss-reactive ketones (excluding diaryl/α,β-unsaturated/α-hetero) is 1. The molecule has 150 valence electrons. The quantitative estimate of drug-likeness (QED) is 0.677. The fourth-order valence-corrected chi connectivity index (χ4v) is 3.38. The first-order valence-corrected chi connectivity index (χ1v) is 8.84. The number of alkyl halides is 2. The van der Waals surface area contributed by atoms with E-state index in [1.807, 2.05) is 0 Å². The number of benzene rings is 1. The van der Waals surface area contributed by atoms with Gasteiger partial charge in [0.1, 0.15) is 0 Å². The number of ether oxygens (including phenoxy) is 2. The van der Waals surface area contributed by atoms with Crippen molar-refractivity contribution in [1.82, 2.24) is 14.7 Å². The molecule has 1 aliphatic rings. The van der Waals surface area contributed by atoms with Gasteiger partial charge in [0.05, 0.1) is 18.9 Å². The standard InChI is InChI=1S/C19H21F2N3O4/c1-23-11-13(10-22-23)15(25)9-14-4-3-7-24(14)18(26)12-5-6-16(27-2)17(8-12)28-19(20)21/h5-6,8,10-11,14,19H,3-4,7,9H2,1-2H3. The lowest BCUT2D eigenvalue weighted by Gasteiger charge is -2.24. The van der Waals surface area contributed by atoms with Crippen LogP contribution in [-0.2, 0) is 7.05 Å². The summed E-state index contributed by atoms with van der Waals surface area (Å²) in [5, 5.41) is 3.99. The minimum atomic E-state index is -3.03. The van der Waals surface area contributed by atoms with Gasteiger partial charge in [-0.25, -0.2) is 0 Å². The molecule has 1 aromatic carbocycles. The van der Waals surface area contributed by atoms with Crippen molar-refractivity contribution in [3.63, 3.8) is 0 Å². The molecule has 0 saturated carbocycles. The highest BCUT2D eigenvalue weighted by molar-refractivity contribution is 5.98. The van der Waals surface area contributed by atoms with Crippen molar-refractivity contribution in [2.75, 3.05) is 13.7 Å². The first-order chi connectivity index (χ1) is 13.4. The van der Waals surface area contributed by atoms with Crippen LogP contribution in [0.15, 0.2) is 30.6 Å². The van der Waals surface area contributed by atoms with E-state index in [-0.39, 0.29) is 41.2 Å². The lowest BCUT2D eigenvalue weighted by Crippen LogP contribution is -2.36. The Morgan fingerprint density at radius 1 is 1.29 bits per heavy atom. The van der Waals surface area contributed by atoms with E-state index in [0.29, 0.717) is 18.5 Å². The van der Waals surface area contributed by atoms with E-state index in [1.165, 1.54) is 31.5 Å². The lowest BCUT2D eigenvalue weighted by atomic mass is 10.0. The third-order valence-electron chi connectivity index (χ3n) is 4.71. The number of aromatic nitrogens is 2. The summed E-state index contributed by atoms with van der Waals surface area (Å²) in [6.07, 6.45) is 4.80. The SMILES string of the molecule is COc1ccc(C(=O)N2CCCC2CC(=O)c2cnn(C)c2)cc1OC(F)F. The van der Waals surface area contributed by atoms with Gasteiger partial charge in [0.25, 0.3) is 5.91 Å². The predicted octanol–water partition coefficient (Wildman–Crippen LogP) is 2.91. The number of rotatable bonds is 7. The maximum Gasteiger partial charge on any atom is 0.387 e. The van der Waals surface area contributed by atoms with Crippen molar-refractivity contribution in [3.8, 4) is 11.5 Å². The van der Waals surface area contributed by atoms with Crippen LogP contribution in [0.5, 0.6) is 11.5 Å². The number of halogens is 2. The van der Waals surface area contributed by atoms with Crippen molar-refractivity contribution in [2.24, 2.45) is 7.05 Å². The average molecular weight is 393 g/mol. The third kappa shape index (κ3) is 4.29. The van der Waals surface area contributed by atoms with Crippen LogP contribution < -0.4 is 9.47 Å². The number of hydrogen-bond donors (Lipinski definition) is 0. The summed E-state index contributed by atoms with van der Waals surface area (Å²) < 4.78 is 36.2. The zero-order valence-corrected chi connectivity index (χ0v) is 15.6. The summed E-state index contributed by atoms with van der Waals surface area (Å²) in [5.74, 6) is -0.510. The molecule has 9 heteroatoms. The van der Waals surface area contributed by atoms with Crippen molar-refractivity contribution in [2.45, 2.75) is 31.9 Å². The Kier molecular flexibility index (Phi) is 5.91. The molecule has 2 heterocycles. The van der Waals surface area contributed by atoms with Gasteiger partial charge in [-0.05, 0) is 31.0 Å². The summed E-state index contributed by atoms with van der Waals surface area (Å²) in [4.78, 5) is 27.0. The smallest absolute Gasteiger partial charge is 0.387 e. The van der Waals surface area contributed by atoms with Gasteiger partial charge in [-0.3, -0.25) is 14.3 Å². The van der Waals surface area contributed by atoms with Crippen LogP contribution in [0, 0.1) is 0 Å². The number of aryl methyl sites for hydroxylation is 1. The van der Waals surface area contributed by atoms with E-state index >= 15 is 0 Å². The number of carbonyl (C=O) groups is 2. The van der Waals surface area contributed by atoms with E-state index in [9.17, 15) is 18.4 Å². The normalized spacial score (nSPS) is 16.5. The number of hydrogen-bond acceptors (Lipinski definition) is 5. The van der Waals surface area contributed by atoms with Crippen LogP contribution >= 0.6 is 0 Å². The van der Waals surface area contributed by atoms with E-state index < -0.39 is 6.61 Å². The Balaban J connectivity index is 1.76. The van der Waals surface area contributed by atoms with Crippen LogP contribution in [0.4, 0.5) is 8.78 Å². The van der Waals surface area contributed by atoms with Gasteiger partial charge >= 0.3 is 6.61 Å². The van der Waals surface area contributed by atoms with Gasteiger partial charge < -0.3 is 14.4 Å². The van der Waals surface area contributed by atoms with Crippen molar-refractivity contribution in [3.05, 3.63) is 41.7 Å². The molecule has 7 nitrogen and oxygen atoms in total. The first kappa shape index (κ1) is 19.8. The molecule has 1 atom stereocenters. The number of ketones is 1. The van der Waals surface area contributed by atoms with Gasteiger partial charge in [0, 0.05) is 37.8 Å². The monoisotopic (exact) mass is 393 g/mol. The Labute approximate surface area is 160 Å². The molecule has 0 bridgehead atoms. The molecule has 1 aliphatic heterocycles. The zero-order chi connectivity index (χ0) is 20.3. The molecule has 1 fully saturated rings. The van der Waals surface area contributed by atoms with Gasteiger partial charge in [-0.15, -0.1) is 0 Å². The molecule has 0 N–H and O–H groups in total. The largest absolute Gasteiger partial charge is 0.493 e. The second-order valence-corrected chi connectivity index (χ2v) is 6.57. The second-order valence-electron chi connectivity index (χ2n) is 6.57. The molecule has 1 aromatic heterocycles. The van der Waals surface area contributed by atoms with E-state index in [2.05, 4.69) is 9.84 Å². The van der Waals surface area contributed by atoms with Gasteiger partial charge in [-0.1, -0.05) is 0 Å². The number of amides is 1. The molecule has 1 unspecified atom stereocenters. The minimum absolute atomic E-state index is 0.0887. The number of carbonyl (C=O) groups excluding carboxylic acids is 2. The van der Waals surface area contributed by atoms with Gasteiger partial charge in [0.2, 0.25) is 0 Å². The Morgan fingerprint density at radius 2 is 2.07 bits per heavy atom. The summed E-state index contributed by atoms with van der Waals surface area (Å²) in [6.45, 7) is -2.53. The molecule has 0 spiro atoms. The van der Waals surface area contributed by atoms with Crippen molar-refractivity contribution >= 4 is 11.7 Å². The van der Waals surface area contributed by atoms with E-state index in [1.54, 1.807) is 22.8 Å². The van der Waals surface area contributed by atoms with Gasteiger partial charge in [-0.2, -0.15) is 13.9 Å². The van der Waals surface area contributed by atoms with Crippen molar-refractivity contribution in [1.29, 1.82) is 0 Å². The van der Waals surface area contributed by atoms with Crippen LogP contribution in [0.2, 0.25) is 0 Å². The fourth-order valence-electron chi connectivity index (χ4n) is 3.38. The van der Waals surface area contributed by atoms with Crippen LogP contribution in [0.3, 0.4) is 0 Å². The molecule has 2 aromatic rings. The molecular formula is C19H21F2N3O4. The molecule has 1 amide bonds. The highest BCUT2D eigenvalue weighted by Gasteiger charge is 2.32. The van der Waals surface area contributed by atoms with Crippen LogP contribution in [0.25, 0.3) is 0 Å². The average Bonchev–Trinajstić information content (AvgIpc) is 3.29. The summed E-state index contributed by atoms with van der Waals surface area (Å²) in [6, 6.07) is 3.90. The molecule has 3 rings (SSSR count). The maximum atomic E-state index is 12.9. The van der Waals surface area contributed by atoms with Gasteiger partial charge in [0.15, 0.2) is 17.3 Å². The topological polar surface area (TPSA) is 73.7 Å². The Bertz CT molecular complexity index is 869. The van der Waals surface area contributed by atoms with Crippen LogP contribution in [0.1, 0.15) is 40.0 Å². The van der Waals surface area contributed by atoms with E-state index in [0.717, 1.165) is 6.42 Å². The third-order valence-corrected chi connectivity index (χ3v) is 4.71.